The van der Waals surface area contributed by atoms with Crippen LogP contribution in [0.4, 0.5) is 5.69 Å². The van der Waals surface area contributed by atoms with Gasteiger partial charge in [0.1, 0.15) is 0 Å². The molecular formula is C11H12N4O. The normalized spacial score (nSPS) is 10.1. The number of rotatable bonds is 2. The Hall–Kier alpha value is -2.30. The van der Waals surface area contributed by atoms with Gasteiger partial charge in [-0.1, -0.05) is 12.1 Å². The van der Waals surface area contributed by atoms with Crippen LogP contribution >= 0.6 is 0 Å². The Morgan fingerprint density at radius 3 is 2.81 bits per heavy atom. The van der Waals surface area contributed by atoms with Gasteiger partial charge in [0, 0.05) is 13.2 Å². The van der Waals surface area contributed by atoms with Crippen LogP contribution in [-0.2, 0) is 0 Å². The molecule has 82 valence electrons. The standard InChI is InChI=1S/C11H12N4O/c1-13-11(16)9-6-7-15(14-9)10-5-3-2-4-8(10)12/h2-7H,12H2,1H3,(H,13,16). The van der Waals surface area contributed by atoms with Crippen LogP contribution < -0.4 is 11.1 Å². The predicted molar refractivity (Wildman–Crippen MR) is 61.4 cm³/mol. The highest BCUT2D eigenvalue weighted by Gasteiger charge is 2.08. The van der Waals surface area contributed by atoms with Crippen molar-refractivity contribution < 1.29 is 4.79 Å². The Morgan fingerprint density at radius 2 is 2.12 bits per heavy atom. The number of aromatic nitrogens is 2. The average molecular weight is 216 g/mol. The van der Waals surface area contributed by atoms with Crippen molar-refractivity contribution in [3.05, 3.63) is 42.2 Å². The summed E-state index contributed by atoms with van der Waals surface area (Å²) in [6, 6.07) is 8.99. The van der Waals surface area contributed by atoms with E-state index in [-0.39, 0.29) is 5.91 Å². The number of para-hydroxylation sites is 2. The molecule has 1 heterocycles. The van der Waals surface area contributed by atoms with Gasteiger partial charge in [-0.3, -0.25) is 4.79 Å². The van der Waals surface area contributed by atoms with Gasteiger partial charge < -0.3 is 11.1 Å². The maximum absolute atomic E-state index is 11.3. The van der Waals surface area contributed by atoms with E-state index in [0.717, 1.165) is 5.69 Å². The predicted octanol–water partition coefficient (Wildman–Crippen LogP) is 0.814. The minimum Gasteiger partial charge on any atom is -0.397 e. The van der Waals surface area contributed by atoms with Crippen molar-refractivity contribution in [2.75, 3.05) is 12.8 Å². The van der Waals surface area contributed by atoms with E-state index >= 15 is 0 Å². The average Bonchev–Trinajstić information content (AvgIpc) is 2.78. The molecule has 1 aromatic heterocycles. The van der Waals surface area contributed by atoms with E-state index in [2.05, 4.69) is 10.4 Å². The summed E-state index contributed by atoms with van der Waals surface area (Å²) in [4.78, 5) is 11.3. The lowest BCUT2D eigenvalue weighted by Gasteiger charge is -2.04. The Labute approximate surface area is 92.9 Å². The number of anilines is 1. The highest BCUT2D eigenvalue weighted by Crippen LogP contribution is 2.15. The molecule has 0 saturated heterocycles. The van der Waals surface area contributed by atoms with Gasteiger partial charge in [-0.2, -0.15) is 5.10 Å². The number of carbonyl (C=O) groups excluding carboxylic acids is 1. The zero-order valence-electron chi connectivity index (χ0n) is 8.84. The molecule has 1 aromatic carbocycles. The number of nitrogen functional groups attached to an aromatic ring is 1. The number of amides is 1. The monoisotopic (exact) mass is 216 g/mol. The zero-order valence-corrected chi connectivity index (χ0v) is 8.84. The summed E-state index contributed by atoms with van der Waals surface area (Å²) >= 11 is 0. The minimum absolute atomic E-state index is 0.215. The highest BCUT2D eigenvalue weighted by atomic mass is 16.1. The lowest BCUT2D eigenvalue weighted by Crippen LogP contribution is -2.18. The largest absolute Gasteiger partial charge is 0.397 e. The number of benzene rings is 1. The van der Waals surface area contributed by atoms with Gasteiger partial charge in [0.25, 0.3) is 5.91 Å². The number of nitrogens with two attached hydrogens (primary N) is 1. The second kappa shape index (κ2) is 4.06. The van der Waals surface area contributed by atoms with E-state index in [1.807, 2.05) is 18.2 Å². The quantitative estimate of drug-likeness (QED) is 0.730. The first-order valence-electron chi connectivity index (χ1n) is 4.85. The lowest BCUT2D eigenvalue weighted by atomic mass is 10.3. The van der Waals surface area contributed by atoms with Crippen molar-refractivity contribution in [1.29, 1.82) is 0 Å². The van der Waals surface area contributed by atoms with E-state index in [1.54, 1.807) is 30.1 Å². The number of hydrogen-bond acceptors (Lipinski definition) is 3. The molecule has 0 atom stereocenters. The molecule has 3 N–H and O–H groups in total. The molecule has 2 aromatic rings. The minimum atomic E-state index is -0.215. The van der Waals surface area contributed by atoms with Crippen molar-refractivity contribution >= 4 is 11.6 Å². The molecule has 0 aliphatic carbocycles. The maximum atomic E-state index is 11.3. The van der Waals surface area contributed by atoms with Gasteiger partial charge in [0.15, 0.2) is 5.69 Å². The van der Waals surface area contributed by atoms with Crippen molar-refractivity contribution in [2.24, 2.45) is 0 Å². The lowest BCUT2D eigenvalue weighted by molar-refractivity contribution is 0.0958. The van der Waals surface area contributed by atoms with Crippen molar-refractivity contribution in [1.82, 2.24) is 15.1 Å². The number of nitrogens with zero attached hydrogens (tertiary/aromatic N) is 2. The van der Waals surface area contributed by atoms with Gasteiger partial charge in [-0.05, 0) is 18.2 Å². The topological polar surface area (TPSA) is 72.9 Å². The van der Waals surface area contributed by atoms with Gasteiger partial charge in [0.05, 0.1) is 11.4 Å². The third kappa shape index (κ3) is 1.75. The summed E-state index contributed by atoms with van der Waals surface area (Å²) in [6.07, 6.45) is 1.70. The van der Waals surface area contributed by atoms with Crippen LogP contribution in [0.25, 0.3) is 5.69 Å². The fourth-order valence-corrected chi connectivity index (χ4v) is 1.40. The summed E-state index contributed by atoms with van der Waals surface area (Å²) in [5, 5.41) is 6.65. The van der Waals surface area contributed by atoms with Gasteiger partial charge in [-0.15, -0.1) is 0 Å². The van der Waals surface area contributed by atoms with Crippen molar-refractivity contribution in [3.63, 3.8) is 0 Å². The maximum Gasteiger partial charge on any atom is 0.271 e. The smallest absolute Gasteiger partial charge is 0.271 e. The second-order valence-electron chi connectivity index (χ2n) is 3.28. The van der Waals surface area contributed by atoms with Crippen LogP contribution in [0.5, 0.6) is 0 Å². The molecular weight excluding hydrogens is 204 g/mol. The summed E-state index contributed by atoms with van der Waals surface area (Å²) in [5.74, 6) is -0.215. The Balaban J connectivity index is 2.39. The van der Waals surface area contributed by atoms with E-state index in [1.165, 1.54) is 0 Å². The molecule has 5 nitrogen and oxygen atoms in total. The third-order valence-electron chi connectivity index (χ3n) is 2.23. The van der Waals surface area contributed by atoms with Crippen molar-refractivity contribution in [3.8, 4) is 5.69 Å². The zero-order chi connectivity index (χ0) is 11.5. The molecule has 0 fully saturated rings. The van der Waals surface area contributed by atoms with Crippen LogP contribution in [0, 0.1) is 0 Å². The van der Waals surface area contributed by atoms with Gasteiger partial charge >= 0.3 is 0 Å². The van der Waals surface area contributed by atoms with Gasteiger partial charge in [-0.25, -0.2) is 4.68 Å². The molecule has 0 aliphatic heterocycles. The number of nitrogens with one attached hydrogen (secondary N) is 1. The van der Waals surface area contributed by atoms with Crippen molar-refractivity contribution in [2.45, 2.75) is 0 Å². The number of hydrogen-bond donors (Lipinski definition) is 2. The molecule has 0 unspecified atom stereocenters. The molecule has 2 rings (SSSR count). The van der Waals surface area contributed by atoms with E-state index in [4.69, 9.17) is 5.73 Å². The first kappa shape index (κ1) is 10.2. The fraction of sp³-hybridized carbons (Fsp3) is 0.0909. The van der Waals surface area contributed by atoms with E-state index < -0.39 is 0 Å². The number of carbonyl (C=O) groups is 1. The molecule has 0 saturated carbocycles. The Bertz CT molecular complexity index is 518. The molecule has 0 radical (unpaired) electrons. The van der Waals surface area contributed by atoms with Crippen LogP contribution in [0.1, 0.15) is 10.5 Å². The van der Waals surface area contributed by atoms with E-state index in [9.17, 15) is 4.79 Å². The SMILES string of the molecule is CNC(=O)c1ccn(-c2ccccc2N)n1. The van der Waals surface area contributed by atoms with Crippen LogP contribution in [0.3, 0.4) is 0 Å². The molecule has 1 amide bonds. The van der Waals surface area contributed by atoms with E-state index in [0.29, 0.717) is 11.4 Å². The highest BCUT2D eigenvalue weighted by molar-refractivity contribution is 5.91. The van der Waals surface area contributed by atoms with Crippen LogP contribution in [-0.4, -0.2) is 22.7 Å². The first-order valence-corrected chi connectivity index (χ1v) is 4.85. The van der Waals surface area contributed by atoms with Crippen LogP contribution in [0.2, 0.25) is 0 Å². The second-order valence-corrected chi connectivity index (χ2v) is 3.28. The first-order chi connectivity index (χ1) is 7.72. The molecule has 0 spiro atoms. The molecule has 5 heteroatoms. The Kier molecular flexibility index (Phi) is 2.59. The summed E-state index contributed by atoms with van der Waals surface area (Å²) in [7, 11) is 1.57. The summed E-state index contributed by atoms with van der Waals surface area (Å²) in [5.41, 5.74) is 7.56. The summed E-state index contributed by atoms with van der Waals surface area (Å²) < 4.78 is 1.58. The molecule has 0 bridgehead atoms. The fourth-order valence-electron chi connectivity index (χ4n) is 1.40. The van der Waals surface area contributed by atoms with Crippen LogP contribution in [0.15, 0.2) is 36.5 Å². The molecule has 0 aliphatic rings. The summed E-state index contributed by atoms with van der Waals surface area (Å²) in [6.45, 7) is 0. The van der Waals surface area contributed by atoms with Gasteiger partial charge in [0.2, 0.25) is 0 Å². The Morgan fingerprint density at radius 1 is 1.38 bits per heavy atom. The third-order valence-corrected chi connectivity index (χ3v) is 2.23. The molecule has 16 heavy (non-hydrogen) atoms.